The molecule has 0 aromatic carbocycles. The predicted octanol–water partition coefficient (Wildman–Crippen LogP) is 2.09. The summed E-state index contributed by atoms with van der Waals surface area (Å²) in [5.41, 5.74) is 7.32. The van der Waals surface area contributed by atoms with E-state index in [0.29, 0.717) is 38.4 Å². The fourth-order valence-electron chi connectivity index (χ4n) is 3.30. The van der Waals surface area contributed by atoms with E-state index in [9.17, 15) is 9.18 Å². The Balaban J connectivity index is 1.66. The molecular weight excluding hydrogens is 323 g/mol. The van der Waals surface area contributed by atoms with E-state index >= 15 is 0 Å². The number of pyridine rings is 1. The third kappa shape index (κ3) is 4.21. The summed E-state index contributed by atoms with van der Waals surface area (Å²) in [5.74, 6) is 0.0802. The number of aryl methyl sites for hydroxylation is 1. The number of fused-ring (bicyclic) bond motifs is 1. The van der Waals surface area contributed by atoms with Crippen LogP contribution in [-0.4, -0.2) is 53.8 Å². The van der Waals surface area contributed by atoms with E-state index in [4.69, 9.17) is 10.5 Å². The number of nitrogens with zero attached hydrogens (tertiary/aromatic N) is 3. The van der Waals surface area contributed by atoms with Gasteiger partial charge in [-0.3, -0.25) is 0 Å². The first kappa shape index (κ1) is 17.9. The van der Waals surface area contributed by atoms with Crippen molar-refractivity contribution in [2.24, 2.45) is 5.73 Å². The molecule has 0 unspecified atom stereocenters. The van der Waals surface area contributed by atoms with Crippen LogP contribution in [0.25, 0.3) is 0 Å². The lowest BCUT2D eigenvalue weighted by atomic mass is 9.92. The molecule has 25 heavy (non-hydrogen) atoms. The van der Waals surface area contributed by atoms with Gasteiger partial charge in [-0.25, -0.2) is 14.2 Å². The van der Waals surface area contributed by atoms with Crippen molar-refractivity contribution in [1.82, 2.24) is 9.88 Å². The maximum Gasteiger partial charge on any atom is 0.410 e. The molecule has 0 bridgehead atoms. The molecule has 0 radical (unpaired) electrons. The highest BCUT2D eigenvalue weighted by Gasteiger charge is 2.28. The smallest absolute Gasteiger partial charge is 0.410 e. The monoisotopic (exact) mass is 350 g/mol. The van der Waals surface area contributed by atoms with Crippen LogP contribution in [0.15, 0.2) is 6.07 Å². The quantitative estimate of drug-likeness (QED) is 0.840. The van der Waals surface area contributed by atoms with Gasteiger partial charge in [-0.2, -0.15) is 0 Å². The first-order valence-corrected chi connectivity index (χ1v) is 8.89. The Hall–Kier alpha value is -1.89. The first-order valence-electron chi connectivity index (χ1n) is 8.89. The maximum absolute atomic E-state index is 14.5. The second kappa shape index (κ2) is 6.78. The number of nitrogens with two attached hydrogens (primary N) is 1. The van der Waals surface area contributed by atoms with Crippen LogP contribution in [0, 0.1) is 5.82 Å². The average Bonchev–Trinajstić information content (AvgIpc) is 2.52. The van der Waals surface area contributed by atoms with Crippen molar-refractivity contribution in [2.45, 2.75) is 51.7 Å². The molecule has 1 fully saturated rings. The predicted molar refractivity (Wildman–Crippen MR) is 94.2 cm³/mol. The molecule has 6 nitrogen and oxygen atoms in total. The minimum absolute atomic E-state index is 0.0944. The van der Waals surface area contributed by atoms with Crippen molar-refractivity contribution in [3.05, 3.63) is 23.1 Å². The summed E-state index contributed by atoms with van der Waals surface area (Å²) in [6, 6.07) is 1.67. The lowest BCUT2D eigenvalue weighted by molar-refractivity contribution is 0.0240. The fourth-order valence-corrected chi connectivity index (χ4v) is 3.30. The molecule has 138 valence electrons. The summed E-state index contributed by atoms with van der Waals surface area (Å²) in [5, 5.41) is 0. The zero-order chi connectivity index (χ0) is 18.2. The number of carbonyl (C=O) groups excluding carboxylic acids is 1. The first-order chi connectivity index (χ1) is 11.7. The molecule has 3 rings (SSSR count). The second-order valence-corrected chi connectivity index (χ2v) is 7.86. The largest absolute Gasteiger partial charge is 0.444 e. The van der Waals surface area contributed by atoms with Crippen LogP contribution in [-0.2, 0) is 17.6 Å². The van der Waals surface area contributed by atoms with Crippen LogP contribution < -0.4 is 10.6 Å². The van der Waals surface area contributed by atoms with Crippen LogP contribution >= 0.6 is 0 Å². The molecule has 2 heterocycles. The van der Waals surface area contributed by atoms with Crippen molar-refractivity contribution in [2.75, 3.05) is 31.1 Å². The number of rotatable bonds is 1. The van der Waals surface area contributed by atoms with Gasteiger partial charge >= 0.3 is 6.09 Å². The van der Waals surface area contributed by atoms with Crippen LogP contribution in [0.2, 0.25) is 0 Å². The van der Waals surface area contributed by atoms with Gasteiger partial charge in [0.05, 0.1) is 0 Å². The number of carbonyl (C=O) groups is 1. The Labute approximate surface area is 148 Å². The van der Waals surface area contributed by atoms with E-state index < -0.39 is 5.60 Å². The summed E-state index contributed by atoms with van der Waals surface area (Å²) < 4.78 is 19.9. The number of ether oxygens (including phenoxy) is 1. The Morgan fingerprint density at radius 3 is 2.64 bits per heavy atom. The second-order valence-electron chi connectivity index (χ2n) is 7.86. The molecule has 0 spiro atoms. The molecule has 1 aliphatic carbocycles. The average molecular weight is 350 g/mol. The molecule has 2 aliphatic rings. The lowest BCUT2D eigenvalue weighted by Gasteiger charge is -2.36. The molecule has 1 aromatic rings. The normalized spacial score (nSPS) is 21.1. The summed E-state index contributed by atoms with van der Waals surface area (Å²) >= 11 is 0. The molecular formula is C18H27FN4O2. The van der Waals surface area contributed by atoms with Crippen LogP contribution in [0.3, 0.4) is 0 Å². The standard InChI is InChI=1S/C18H27FN4O2/c1-18(2,3)25-17(24)23-8-6-22(7-9-23)16-14(19)11-12-10-13(20)4-5-15(12)21-16/h11,13H,4-10,20H2,1-3H3/t13-/m0/s1. The summed E-state index contributed by atoms with van der Waals surface area (Å²) in [4.78, 5) is 20.3. The van der Waals surface area contributed by atoms with Gasteiger partial charge in [-0.1, -0.05) is 0 Å². The maximum atomic E-state index is 14.5. The van der Waals surface area contributed by atoms with Crippen LogP contribution in [0.4, 0.5) is 15.0 Å². The van der Waals surface area contributed by atoms with Crippen molar-refractivity contribution >= 4 is 11.9 Å². The lowest BCUT2D eigenvalue weighted by Crippen LogP contribution is -2.50. The molecule has 1 aromatic heterocycles. The topological polar surface area (TPSA) is 71.7 Å². The number of aromatic nitrogens is 1. The van der Waals surface area contributed by atoms with Crippen molar-refractivity contribution in [3.63, 3.8) is 0 Å². The van der Waals surface area contributed by atoms with Gasteiger partial charge in [0.25, 0.3) is 0 Å². The van der Waals surface area contributed by atoms with Gasteiger partial charge in [0.2, 0.25) is 0 Å². The highest BCUT2D eigenvalue weighted by atomic mass is 19.1. The van der Waals surface area contributed by atoms with Gasteiger partial charge in [-0.15, -0.1) is 0 Å². The number of halogens is 1. The van der Waals surface area contributed by atoms with E-state index in [1.807, 2.05) is 25.7 Å². The zero-order valence-corrected chi connectivity index (χ0v) is 15.2. The number of amides is 1. The van der Waals surface area contributed by atoms with Crippen molar-refractivity contribution in [3.8, 4) is 0 Å². The van der Waals surface area contributed by atoms with Crippen LogP contribution in [0.1, 0.15) is 38.4 Å². The molecule has 2 N–H and O–H groups in total. The van der Waals surface area contributed by atoms with Gasteiger partial charge in [-0.05, 0) is 51.7 Å². The number of piperazine rings is 1. The third-order valence-corrected chi connectivity index (χ3v) is 4.59. The molecule has 1 aliphatic heterocycles. The summed E-state index contributed by atoms with van der Waals surface area (Å²) in [6.45, 7) is 7.62. The molecule has 7 heteroatoms. The minimum Gasteiger partial charge on any atom is -0.444 e. The van der Waals surface area contributed by atoms with Crippen molar-refractivity contribution < 1.29 is 13.9 Å². The molecule has 0 saturated carbocycles. The minimum atomic E-state index is -0.513. The summed E-state index contributed by atoms with van der Waals surface area (Å²) in [7, 11) is 0. The third-order valence-electron chi connectivity index (χ3n) is 4.59. The highest BCUT2D eigenvalue weighted by molar-refractivity contribution is 5.68. The van der Waals surface area contributed by atoms with Crippen LogP contribution in [0.5, 0.6) is 0 Å². The Kier molecular flexibility index (Phi) is 4.86. The van der Waals surface area contributed by atoms with E-state index in [-0.39, 0.29) is 18.0 Å². The zero-order valence-electron chi connectivity index (χ0n) is 15.2. The molecule has 1 atom stereocenters. The van der Waals surface area contributed by atoms with E-state index in [0.717, 1.165) is 24.1 Å². The number of hydrogen-bond acceptors (Lipinski definition) is 5. The SMILES string of the molecule is CC(C)(C)OC(=O)N1CCN(c2nc3c(cc2F)C[C@@H](N)CC3)CC1. The Bertz CT molecular complexity index is 651. The Morgan fingerprint density at radius 1 is 1.32 bits per heavy atom. The molecule has 1 amide bonds. The Morgan fingerprint density at radius 2 is 2.00 bits per heavy atom. The van der Waals surface area contributed by atoms with Gasteiger partial charge in [0.15, 0.2) is 11.6 Å². The summed E-state index contributed by atoms with van der Waals surface area (Å²) in [6.07, 6.45) is 2.05. The van der Waals surface area contributed by atoms with Gasteiger partial charge in [0, 0.05) is 37.9 Å². The van der Waals surface area contributed by atoms with Gasteiger partial charge < -0.3 is 20.3 Å². The number of anilines is 1. The van der Waals surface area contributed by atoms with E-state index in [1.54, 1.807) is 11.0 Å². The van der Waals surface area contributed by atoms with Gasteiger partial charge in [0.1, 0.15) is 5.60 Å². The highest BCUT2D eigenvalue weighted by Crippen LogP contribution is 2.26. The van der Waals surface area contributed by atoms with Crippen molar-refractivity contribution in [1.29, 1.82) is 0 Å². The molecule has 1 saturated heterocycles. The fraction of sp³-hybridized carbons (Fsp3) is 0.667. The number of hydrogen-bond donors (Lipinski definition) is 1. The van der Waals surface area contributed by atoms with E-state index in [1.165, 1.54) is 0 Å². The van der Waals surface area contributed by atoms with E-state index in [2.05, 4.69) is 4.98 Å².